The Kier molecular flexibility index (Phi) is 14.1. The predicted octanol–water partition coefficient (Wildman–Crippen LogP) is 3.20. The van der Waals surface area contributed by atoms with E-state index in [0.29, 0.717) is 10.8 Å². The van der Waals surface area contributed by atoms with Gasteiger partial charge in [-0.1, -0.05) is 41.5 Å². The molecule has 0 bridgehead atoms. The minimum absolute atomic E-state index is 0.685. The van der Waals surface area contributed by atoms with Crippen molar-refractivity contribution in [2.45, 2.75) is 74.3 Å². The topological polar surface area (TPSA) is 45.8 Å². The van der Waals surface area contributed by atoms with E-state index in [1.54, 1.807) is 0 Å². The average molecular weight is 483 g/mol. The Morgan fingerprint density at radius 1 is 0.559 bits per heavy atom. The summed E-state index contributed by atoms with van der Waals surface area (Å²) >= 11 is 0. The molecule has 6 heterocycles. The lowest BCUT2D eigenvalue weighted by molar-refractivity contribution is -0.0218. The van der Waals surface area contributed by atoms with Gasteiger partial charge in [-0.2, -0.15) is 0 Å². The number of nitrogens with one attached hydrogen (secondary N) is 3. The molecule has 3 spiro atoms. The van der Waals surface area contributed by atoms with Crippen molar-refractivity contribution in [2.75, 3.05) is 92.6 Å². The second-order valence-corrected chi connectivity index (χ2v) is 11.3. The number of likely N-dealkylation sites (tertiary alicyclic amines) is 3. The van der Waals surface area contributed by atoms with Gasteiger partial charge in [-0.15, -0.1) is 0 Å². The molecule has 34 heavy (non-hydrogen) atoms. The fourth-order valence-corrected chi connectivity index (χ4v) is 6.14. The number of nitrogens with zero attached hydrogens (tertiary/aromatic N) is 3. The van der Waals surface area contributed by atoms with E-state index in [1.165, 1.54) is 91.4 Å². The van der Waals surface area contributed by atoms with Gasteiger partial charge in [-0.05, 0) is 53.9 Å². The SMILES string of the molecule is CC.CC.CC.CC(C)N1CCC2(CNC2)C1.CN1CC2(CCNC2)C1.CN1CC2(CNC2)C1. The normalized spacial score (nSPS) is 26.9. The van der Waals surface area contributed by atoms with Crippen molar-refractivity contribution < 1.29 is 0 Å². The summed E-state index contributed by atoms with van der Waals surface area (Å²) in [5, 5.41) is 10.1. The van der Waals surface area contributed by atoms with Gasteiger partial charge in [0.05, 0.1) is 0 Å². The molecule has 6 heteroatoms. The van der Waals surface area contributed by atoms with E-state index < -0.39 is 0 Å². The van der Waals surface area contributed by atoms with Gasteiger partial charge < -0.3 is 30.7 Å². The smallest absolute Gasteiger partial charge is 0.0206 e. The number of hydrogen-bond acceptors (Lipinski definition) is 6. The zero-order chi connectivity index (χ0) is 25.8. The Morgan fingerprint density at radius 3 is 1.24 bits per heavy atom. The first-order valence-electron chi connectivity index (χ1n) is 14.6. The zero-order valence-electron chi connectivity index (χ0n) is 24.8. The van der Waals surface area contributed by atoms with Gasteiger partial charge >= 0.3 is 0 Å². The first-order valence-corrected chi connectivity index (χ1v) is 14.6. The summed E-state index contributed by atoms with van der Waals surface area (Å²) in [6.07, 6.45) is 2.82. The van der Waals surface area contributed by atoms with Gasteiger partial charge in [-0.25, -0.2) is 0 Å². The summed E-state index contributed by atoms with van der Waals surface area (Å²) in [7, 11) is 4.38. The standard InChI is InChI=1S/C9H18N2.C7H14N2.C6H12N2.3C2H6/c1-8(2)11-4-3-9(7-11)5-10-6-9;1-9-5-7(6-9)2-3-8-4-7;1-8-4-6(5-8)2-7-3-6;3*1-2/h8,10H,3-7H2,1-2H3;8H,2-6H2,1H3;7H,2-5H2,1H3;3*1-2H3. The predicted molar refractivity (Wildman–Crippen MR) is 151 cm³/mol. The summed E-state index contributed by atoms with van der Waals surface area (Å²) in [5.74, 6) is 0. The van der Waals surface area contributed by atoms with E-state index in [0.717, 1.165) is 11.5 Å². The van der Waals surface area contributed by atoms with Gasteiger partial charge in [0.25, 0.3) is 0 Å². The summed E-state index contributed by atoms with van der Waals surface area (Å²) in [6, 6.07) is 0.745. The first kappa shape index (κ1) is 31.8. The molecule has 3 N–H and O–H groups in total. The Hall–Kier alpha value is -0.240. The van der Waals surface area contributed by atoms with Crippen molar-refractivity contribution in [1.29, 1.82) is 0 Å². The van der Waals surface area contributed by atoms with Gasteiger partial charge in [0.1, 0.15) is 0 Å². The molecule has 6 rings (SSSR count). The lowest BCUT2D eigenvalue weighted by atomic mass is 9.75. The van der Waals surface area contributed by atoms with Crippen molar-refractivity contribution in [1.82, 2.24) is 30.7 Å². The maximum absolute atomic E-state index is 3.41. The van der Waals surface area contributed by atoms with Crippen LogP contribution in [0.15, 0.2) is 0 Å². The monoisotopic (exact) mass is 483 g/mol. The molecule has 6 aliphatic rings. The Labute approximate surface area is 214 Å². The molecule has 0 unspecified atom stereocenters. The third-order valence-electron chi connectivity index (χ3n) is 7.95. The van der Waals surface area contributed by atoms with Crippen LogP contribution in [0, 0.1) is 16.2 Å². The quantitative estimate of drug-likeness (QED) is 0.534. The molecule has 0 radical (unpaired) electrons. The van der Waals surface area contributed by atoms with Crippen molar-refractivity contribution in [2.24, 2.45) is 16.2 Å². The summed E-state index contributed by atoms with van der Waals surface area (Å²) in [4.78, 5) is 7.37. The van der Waals surface area contributed by atoms with Crippen LogP contribution in [0.1, 0.15) is 68.2 Å². The van der Waals surface area contributed by atoms with Gasteiger partial charge in [-0.3, -0.25) is 0 Å². The molecule has 0 aliphatic carbocycles. The molecule has 6 saturated heterocycles. The molecular weight excluding hydrogens is 420 g/mol. The average Bonchev–Trinajstić information content (AvgIpc) is 3.43. The first-order chi connectivity index (χ1) is 16.3. The van der Waals surface area contributed by atoms with Crippen molar-refractivity contribution >= 4 is 0 Å². The second kappa shape index (κ2) is 15.1. The highest BCUT2D eigenvalue weighted by atomic mass is 15.2. The van der Waals surface area contributed by atoms with E-state index in [9.17, 15) is 0 Å². The van der Waals surface area contributed by atoms with Crippen molar-refractivity contribution in [3.8, 4) is 0 Å². The minimum atomic E-state index is 0.685. The van der Waals surface area contributed by atoms with Crippen LogP contribution in [0.2, 0.25) is 0 Å². The minimum Gasteiger partial charge on any atom is -0.316 e. The zero-order valence-corrected chi connectivity index (χ0v) is 24.8. The molecule has 6 fully saturated rings. The summed E-state index contributed by atoms with van der Waals surface area (Å²) < 4.78 is 0. The van der Waals surface area contributed by atoms with Crippen LogP contribution in [0.4, 0.5) is 0 Å². The van der Waals surface area contributed by atoms with E-state index in [-0.39, 0.29) is 0 Å². The largest absolute Gasteiger partial charge is 0.316 e. The highest BCUT2D eigenvalue weighted by molar-refractivity contribution is 5.03. The van der Waals surface area contributed by atoms with Crippen LogP contribution in [0.3, 0.4) is 0 Å². The highest BCUT2D eigenvalue weighted by Crippen LogP contribution is 2.35. The van der Waals surface area contributed by atoms with Gasteiger partial charge in [0, 0.05) is 87.7 Å². The van der Waals surface area contributed by atoms with Crippen LogP contribution in [0.5, 0.6) is 0 Å². The molecule has 0 saturated carbocycles. The summed E-state index contributed by atoms with van der Waals surface area (Å²) in [6.45, 7) is 32.1. The third-order valence-corrected chi connectivity index (χ3v) is 7.95. The second-order valence-electron chi connectivity index (χ2n) is 11.3. The van der Waals surface area contributed by atoms with Crippen LogP contribution < -0.4 is 16.0 Å². The van der Waals surface area contributed by atoms with Crippen molar-refractivity contribution in [3.63, 3.8) is 0 Å². The maximum atomic E-state index is 3.41. The molecular formula is C28H62N6. The lowest BCUT2D eigenvalue weighted by Gasteiger charge is -2.55. The maximum Gasteiger partial charge on any atom is 0.0206 e. The van der Waals surface area contributed by atoms with Crippen molar-refractivity contribution in [3.05, 3.63) is 0 Å². The van der Waals surface area contributed by atoms with E-state index >= 15 is 0 Å². The molecule has 204 valence electrons. The van der Waals surface area contributed by atoms with Crippen LogP contribution in [-0.4, -0.2) is 113 Å². The third kappa shape index (κ3) is 8.41. The molecule has 0 amide bonds. The molecule has 6 nitrogen and oxygen atoms in total. The Bertz CT molecular complexity index is 507. The highest BCUT2D eigenvalue weighted by Gasteiger charge is 2.46. The van der Waals surface area contributed by atoms with Crippen LogP contribution >= 0.6 is 0 Å². The Balaban J connectivity index is 0.000000231. The number of hydrogen-bond donors (Lipinski definition) is 3. The van der Waals surface area contributed by atoms with Gasteiger partial charge in [0.2, 0.25) is 0 Å². The fourth-order valence-electron chi connectivity index (χ4n) is 6.14. The molecule has 0 aromatic carbocycles. The molecule has 0 atom stereocenters. The van der Waals surface area contributed by atoms with E-state index in [4.69, 9.17) is 0 Å². The molecule has 6 aliphatic heterocycles. The van der Waals surface area contributed by atoms with E-state index in [2.05, 4.69) is 58.6 Å². The van der Waals surface area contributed by atoms with E-state index in [1.807, 2.05) is 41.5 Å². The number of rotatable bonds is 1. The van der Waals surface area contributed by atoms with Crippen LogP contribution in [0.25, 0.3) is 0 Å². The van der Waals surface area contributed by atoms with Gasteiger partial charge in [0.15, 0.2) is 0 Å². The van der Waals surface area contributed by atoms with Crippen LogP contribution in [-0.2, 0) is 0 Å². The fraction of sp³-hybridized carbons (Fsp3) is 1.00. The Morgan fingerprint density at radius 2 is 1.00 bits per heavy atom. The molecule has 0 aromatic heterocycles. The lowest BCUT2D eigenvalue weighted by Crippen LogP contribution is -2.69. The molecule has 0 aromatic rings. The summed E-state index contributed by atoms with van der Waals surface area (Å²) in [5.41, 5.74) is 2.12.